The fourth-order valence-corrected chi connectivity index (χ4v) is 2.63. The molecule has 0 bridgehead atoms. The van der Waals surface area contributed by atoms with Crippen LogP contribution >= 0.6 is 38.5 Å². The summed E-state index contributed by atoms with van der Waals surface area (Å²) in [4.78, 5) is 11.5. The molecule has 1 unspecified atom stereocenters. The quantitative estimate of drug-likeness (QED) is 0.516. The molecular formula is C9H5BrFIO. The van der Waals surface area contributed by atoms with E-state index < -0.39 is 9.46 Å². The van der Waals surface area contributed by atoms with Gasteiger partial charge in [-0.05, 0) is 34.2 Å². The third kappa shape index (κ3) is 1.44. The molecule has 0 saturated heterocycles. The SMILES string of the molecule is O=C1c2cccc(Br)c2CC1(F)I. The molecule has 0 radical (unpaired) electrons. The molecule has 0 N–H and O–H groups in total. The van der Waals surface area contributed by atoms with Gasteiger partial charge in [-0.25, -0.2) is 4.39 Å². The molecule has 0 fully saturated rings. The van der Waals surface area contributed by atoms with Gasteiger partial charge in [-0.2, -0.15) is 0 Å². The summed E-state index contributed by atoms with van der Waals surface area (Å²) in [6.07, 6.45) is 0.170. The maximum Gasteiger partial charge on any atom is 0.227 e. The zero-order chi connectivity index (χ0) is 9.64. The third-order valence-corrected chi connectivity index (χ3v) is 3.71. The van der Waals surface area contributed by atoms with Crippen molar-refractivity contribution in [3.05, 3.63) is 33.8 Å². The van der Waals surface area contributed by atoms with E-state index in [-0.39, 0.29) is 6.42 Å². The van der Waals surface area contributed by atoms with E-state index in [9.17, 15) is 9.18 Å². The van der Waals surface area contributed by atoms with Crippen LogP contribution in [0.15, 0.2) is 22.7 Å². The molecule has 68 valence electrons. The number of alkyl halides is 2. The minimum absolute atomic E-state index is 0.170. The van der Waals surface area contributed by atoms with Gasteiger partial charge in [0.15, 0.2) is 0 Å². The van der Waals surface area contributed by atoms with Gasteiger partial charge in [0, 0.05) is 16.5 Å². The second kappa shape index (κ2) is 3.02. The normalized spacial score (nSPS) is 26.2. The molecule has 1 aliphatic rings. The van der Waals surface area contributed by atoms with Crippen molar-refractivity contribution in [1.29, 1.82) is 0 Å². The number of rotatable bonds is 0. The van der Waals surface area contributed by atoms with Gasteiger partial charge >= 0.3 is 0 Å². The predicted molar refractivity (Wildman–Crippen MR) is 60.0 cm³/mol. The van der Waals surface area contributed by atoms with E-state index in [2.05, 4.69) is 15.9 Å². The van der Waals surface area contributed by atoms with Crippen molar-refractivity contribution < 1.29 is 9.18 Å². The zero-order valence-electron chi connectivity index (χ0n) is 6.48. The Morgan fingerprint density at radius 2 is 2.23 bits per heavy atom. The van der Waals surface area contributed by atoms with Crippen molar-refractivity contribution in [2.24, 2.45) is 0 Å². The molecule has 13 heavy (non-hydrogen) atoms. The highest BCUT2D eigenvalue weighted by Crippen LogP contribution is 2.40. The Kier molecular flexibility index (Phi) is 2.22. The van der Waals surface area contributed by atoms with Crippen LogP contribution < -0.4 is 0 Å². The summed E-state index contributed by atoms with van der Waals surface area (Å²) in [6.45, 7) is 0. The van der Waals surface area contributed by atoms with Gasteiger partial charge in [0.05, 0.1) is 0 Å². The number of fused-ring (bicyclic) bond motifs is 1. The Labute approximate surface area is 97.0 Å². The molecule has 0 heterocycles. The minimum Gasteiger partial charge on any atom is -0.290 e. The summed E-state index contributed by atoms with van der Waals surface area (Å²) in [6, 6.07) is 5.24. The Morgan fingerprint density at radius 1 is 1.54 bits per heavy atom. The van der Waals surface area contributed by atoms with Crippen molar-refractivity contribution >= 4 is 44.3 Å². The van der Waals surface area contributed by atoms with Crippen LogP contribution in [0.2, 0.25) is 0 Å². The second-order valence-corrected chi connectivity index (χ2v) is 5.54. The van der Waals surface area contributed by atoms with Gasteiger partial charge in [-0.1, -0.05) is 28.1 Å². The summed E-state index contributed by atoms with van der Waals surface area (Å²) in [7, 11) is 0. The lowest BCUT2D eigenvalue weighted by Gasteiger charge is -2.05. The van der Waals surface area contributed by atoms with Gasteiger partial charge in [0.1, 0.15) is 0 Å². The highest BCUT2D eigenvalue weighted by molar-refractivity contribution is 14.1. The molecule has 1 aliphatic carbocycles. The first-order valence-electron chi connectivity index (χ1n) is 3.72. The van der Waals surface area contributed by atoms with E-state index in [1.54, 1.807) is 34.7 Å². The highest BCUT2D eigenvalue weighted by Gasteiger charge is 2.44. The molecule has 1 nitrogen and oxygen atoms in total. The number of hydrogen-bond acceptors (Lipinski definition) is 1. The van der Waals surface area contributed by atoms with Crippen LogP contribution in [0.1, 0.15) is 15.9 Å². The Morgan fingerprint density at radius 3 is 2.85 bits per heavy atom. The van der Waals surface area contributed by atoms with Gasteiger partial charge in [0.2, 0.25) is 9.46 Å². The molecular weight excluding hydrogens is 350 g/mol. The summed E-state index contributed by atoms with van der Waals surface area (Å²) >= 11 is 4.87. The fraction of sp³-hybridized carbons (Fsp3) is 0.222. The first-order chi connectivity index (χ1) is 6.02. The Balaban J connectivity index is 2.63. The molecule has 0 spiro atoms. The van der Waals surface area contributed by atoms with E-state index in [1.807, 2.05) is 6.07 Å². The maximum atomic E-state index is 13.6. The molecule has 0 amide bonds. The van der Waals surface area contributed by atoms with Crippen LogP contribution in [0, 0.1) is 0 Å². The first kappa shape index (κ1) is 9.58. The van der Waals surface area contributed by atoms with E-state index in [0.29, 0.717) is 5.56 Å². The van der Waals surface area contributed by atoms with Gasteiger partial charge in [-0.3, -0.25) is 4.79 Å². The number of hydrogen-bond donors (Lipinski definition) is 0. The van der Waals surface area contributed by atoms with Crippen molar-refractivity contribution in [3.8, 4) is 0 Å². The van der Waals surface area contributed by atoms with Crippen molar-refractivity contribution in [2.45, 2.75) is 10.1 Å². The highest BCUT2D eigenvalue weighted by atomic mass is 127. The smallest absolute Gasteiger partial charge is 0.227 e. The van der Waals surface area contributed by atoms with Crippen LogP contribution in [0.4, 0.5) is 4.39 Å². The average molecular weight is 355 g/mol. The number of carbonyl (C=O) groups is 1. The van der Waals surface area contributed by atoms with Crippen molar-refractivity contribution in [1.82, 2.24) is 0 Å². The van der Waals surface area contributed by atoms with E-state index in [0.717, 1.165) is 10.0 Å². The van der Waals surface area contributed by atoms with Gasteiger partial charge in [0.25, 0.3) is 0 Å². The first-order valence-corrected chi connectivity index (χ1v) is 5.59. The monoisotopic (exact) mass is 354 g/mol. The number of carbonyl (C=O) groups excluding carboxylic acids is 1. The fourth-order valence-electron chi connectivity index (χ4n) is 1.45. The summed E-state index contributed by atoms with van der Waals surface area (Å²) in [5.74, 6) is -0.413. The minimum atomic E-state index is -1.75. The van der Waals surface area contributed by atoms with Crippen LogP contribution in [0.5, 0.6) is 0 Å². The molecule has 0 aliphatic heterocycles. The molecule has 2 rings (SSSR count). The number of Topliss-reactive ketones (excluding diaryl/α,β-unsaturated/α-hetero) is 1. The topological polar surface area (TPSA) is 17.1 Å². The Bertz CT molecular complexity index is 389. The maximum absolute atomic E-state index is 13.6. The average Bonchev–Trinajstić information content (AvgIpc) is 2.28. The van der Waals surface area contributed by atoms with Crippen molar-refractivity contribution in [2.75, 3.05) is 0 Å². The lowest BCUT2D eigenvalue weighted by Crippen LogP contribution is -2.21. The van der Waals surface area contributed by atoms with Gasteiger partial charge in [-0.15, -0.1) is 0 Å². The molecule has 1 atom stereocenters. The predicted octanol–water partition coefficient (Wildman–Crippen LogP) is 3.29. The largest absolute Gasteiger partial charge is 0.290 e. The molecule has 1 aromatic rings. The summed E-state index contributed by atoms with van der Waals surface area (Å²) < 4.78 is 12.7. The lowest BCUT2D eigenvalue weighted by molar-refractivity contribution is 0.0882. The van der Waals surface area contributed by atoms with Crippen LogP contribution in [-0.2, 0) is 6.42 Å². The number of halogens is 3. The Hall–Kier alpha value is 0.0300. The summed E-state index contributed by atoms with van der Waals surface area (Å²) in [5.41, 5.74) is 1.29. The zero-order valence-corrected chi connectivity index (χ0v) is 10.2. The summed E-state index contributed by atoms with van der Waals surface area (Å²) in [5, 5.41) is 0. The van der Waals surface area contributed by atoms with E-state index >= 15 is 0 Å². The van der Waals surface area contributed by atoms with Crippen LogP contribution in [0.25, 0.3) is 0 Å². The molecule has 0 saturated carbocycles. The number of ketones is 1. The third-order valence-electron chi connectivity index (χ3n) is 2.09. The van der Waals surface area contributed by atoms with E-state index in [4.69, 9.17) is 0 Å². The number of benzene rings is 1. The molecule has 4 heteroatoms. The molecule has 1 aromatic carbocycles. The standard InChI is InChI=1S/C9H5BrFIO/c10-7-3-1-2-5-6(7)4-9(11,12)8(5)13/h1-3H,4H2. The molecule has 0 aromatic heterocycles. The van der Waals surface area contributed by atoms with Crippen LogP contribution in [-0.4, -0.2) is 9.46 Å². The lowest BCUT2D eigenvalue weighted by atomic mass is 10.1. The van der Waals surface area contributed by atoms with Crippen molar-refractivity contribution in [3.63, 3.8) is 0 Å². The van der Waals surface area contributed by atoms with Gasteiger partial charge < -0.3 is 0 Å². The second-order valence-electron chi connectivity index (χ2n) is 2.98. The van der Waals surface area contributed by atoms with E-state index in [1.165, 1.54) is 0 Å². The van der Waals surface area contributed by atoms with Crippen LogP contribution in [0.3, 0.4) is 0 Å².